The lowest BCUT2D eigenvalue weighted by atomic mass is 10.2. The summed E-state index contributed by atoms with van der Waals surface area (Å²) in [5.74, 6) is -2.23. The molecular weight excluding hydrogens is 273 g/mol. The Bertz CT molecular complexity index is 598. The summed E-state index contributed by atoms with van der Waals surface area (Å²) >= 11 is 0. The van der Waals surface area contributed by atoms with E-state index in [1.807, 2.05) is 0 Å². The van der Waals surface area contributed by atoms with Gasteiger partial charge in [-0.3, -0.25) is 4.79 Å². The summed E-state index contributed by atoms with van der Waals surface area (Å²) in [5, 5.41) is 8.71. The van der Waals surface area contributed by atoms with E-state index in [1.165, 1.54) is 18.2 Å². The van der Waals surface area contributed by atoms with Crippen molar-refractivity contribution in [1.82, 2.24) is 4.31 Å². The van der Waals surface area contributed by atoms with E-state index in [-0.39, 0.29) is 6.54 Å². The van der Waals surface area contributed by atoms with Crippen molar-refractivity contribution in [1.29, 1.82) is 0 Å². The van der Waals surface area contributed by atoms with Crippen molar-refractivity contribution in [3.05, 3.63) is 42.2 Å². The molecule has 0 saturated heterocycles. The third kappa shape index (κ3) is 3.62. The highest BCUT2D eigenvalue weighted by Gasteiger charge is 2.28. The molecule has 0 fully saturated rings. The average Bonchev–Trinajstić information content (AvgIpc) is 2.31. The largest absolute Gasteiger partial charge is 0.480 e. The number of sulfonamides is 1. The minimum Gasteiger partial charge on any atom is -0.480 e. The third-order valence-corrected chi connectivity index (χ3v) is 4.18. The molecule has 1 aromatic carbocycles. The molecule has 0 aromatic heterocycles. The van der Waals surface area contributed by atoms with Crippen LogP contribution in [0.25, 0.3) is 0 Å². The molecule has 1 N–H and O–H groups in total. The van der Waals surface area contributed by atoms with Crippen LogP contribution in [0.3, 0.4) is 0 Å². The Labute approximate surface area is 111 Å². The van der Waals surface area contributed by atoms with E-state index in [0.717, 1.165) is 6.07 Å². The molecule has 19 heavy (non-hydrogen) atoms. The fourth-order valence-corrected chi connectivity index (χ4v) is 3.00. The number of aliphatic carboxylic acids is 1. The number of carboxylic acids is 1. The number of nitrogens with zero attached hydrogens (tertiary/aromatic N) is 1. The van der Waals surface area contributed by atoms with E-state index in [0.29, 0.717) is 9.87 Å². The molecule has 0 heterocycles. The molecule has 5 nitrogen and oxygen atoms in total. The van der Waals surface area contributed by atoms with Gasteiger partial charge in [0, 0.05) is 6.54 Å². The number of carboxylic acid groups (broad SMARTS) is 1. The van der Waals surface area contributed by atoms with Crippen molar-refractivity contribution in [2.24, 2.45) is 0 Å². The van der Waals surface area contributed by atoms with Crippen LogP contribution < -0.4 is 0 Å². The van der Waals surface area contributed by atoms with Gasteiger partial charge in [0.05, 0.1) is 0 Å². The maximum Gasteiger partial charge on any atom is 0.318 e. The number of hydrogen-bond acceptors (Lipinski definition) is 3. The van der Waals surface area contributed by atoms with Gasteiger partial charge in [-0.1, -0.05) is 12.1 Å². The molecule has 7 heteroatoms. The standard InChI is InChI=1S/C12H14FNO4S/c1-3-6-14(8-12(15)16)19(17,18)11-7-9(2)4-5-10(11)13/h3-5,7H,1,6,8H2,2H3,(H,15,16). The van der Waals surface area contributed by atoms with Crippen molar-refractivity contribution < 1.29 is 22.7 Å². The molecule has 0 atom stereocenters. The van der Waals surface area contributed by atoms with Crippen LogP contribution in [0.15, 0.2) is 35.7 Å². The van der Waals surface area contributed by atoms with Crippen LogP contribution in [0.4, 0.5) is 4.39 Å². The molecular formula is C12H14FNO4S. The van der Waals surface area contributed by atoms with E-state index in [2.05, 4.69) is 6.58 Å². The maximum absolute atomic E-state index is 13.6. The maximum atomic E-state index is 13.6. The van der Waals surface area contributed by atoms with Crippen LogP contribution in [-0.2, 0) is 14.8 Å². The number of carbonyl (C=O) groups is 1. The molecule has 0 aliphatic carbocycles. The highest BCUT2D eigenvalue weighted by molar-refractivity contribution is 7.89. The minimum atomic E-state index is -4.21. The summed E-state index contributed by atoms with van der Waals surface area (Å²) in [6, 6.07) is 3.64. The lowest BCUT2D eigenvalue weighted by molar-refractivity contribution is -0.137. The zero-order valence-electron chi connectivity index (χ0n) is 10.3. The lowest BCUT2D eigenvalue weighted by Crippen LogP contribution is -2.36. The van der Waals surface area contributed by atoms with E-state index in [1.54, 1.807) is 6.92 Å². The summed E-state index contributed by atoms with van der Waals surface area (Å²) in [7, 11) is -4.21. The second kappa shape index (κ2) is 5.94. The molecule has 0 spiro atoms. The van der Waals surface area contributed by atoms with Gasteiger partial charge in [-0.05, 0) is 24.6 Å². The molecule has 0 aliphatic rings. The molecule has 0 bridgehead atoms. The number of aryl methyl sites for hydroxylation is 1. The normalized spacial score (nSPS) is 11.5. The second-order valence-electron chi connectivity index (χ2n) is 3.91. The first kappa shape index (κ1) is 15.3. The van der Waals surface area contributed by atoms with E-state index in [9.17, 15) is 17.6 Å². The quantitative estimate of drug-likeness (QED) is 0.802. The number of benzene rings is 1. The van der Waals surface area contributed by atoms with Gasteiger partial charge in [0.1, 0.15) is 17.3 Å². The van der Waals surface area contributed by atoms with Crippen molar-refractivity contribution >= 4 is 16.0 Å². The van der Waals surface area contributed by atoms with E-state index in [4.69, 9.17) is 5.11 Å². The van der Waals surface area contributed by atoms with Crippen molar-refractivity contribution in [2.75, 3.05) is 13.1 Å². The molecule has 1 rings (SSSR count). The Kier molecular flexibility index (Phi) is 4.79. The summed E-state index contributed by atoms with van der Waals surface area (Å²) in [6.07, 6.45) is 1.24. The Morgan fingerprint density at radius 3 is 2.68 bits per heavy atom. The van der Waals surface area contributed by atoms with Gasteiger partial charge < -0.3 is 5.11 Å². The van der Waals surface area contributed by atoms with Gasteiger partial charge in [-0.2, -0.15) is 4.31 Å². The van der Waals surface area contributed by atoms with Gasteiger partial charge in [-0.25, -0.2) is 12.8 Å². The first-order chi connectivity index (χ1) is 8.78. The topological polar surface area (TPSA) is 74.7 Å². The highest BCUT2D eigenvalue weighted by atomic mass is 32.2. The second-order valence-corrected chi connectivity index (χ2v) is 5.82. The monoisotopic (exact) mass is 287 g/mol. The molecule has 0 saturated carbocycles. The third-order valence-electron chi connectivity index (χ3n) is 2.35. The summed E-state index contributed by atoms with van der Waals surface area (Å²) in [5.41, 5.74) is 0.564. The number of halogens is 1. The van der Waals surface area contributed by atoms with Crippen LogP contribution in [0.2, 0.25) is 0 Å². The Morgan fingerprint density at radius 1 is 1.53 bits per heavy atom. The van der Waals surface area contributed by atoms with Crippen molar-refractivity contribution in [3.8, 4) is 0 Å². The zero-order valence-corrected chi connectivity index (χ0v) is 11.2. The molecule has 1 aromatic rings. The van der Waals surface area contributed by atoms with E-state index < -0.39 is 33.3 Å². The van der Waals surface area contributed by atoms with Gasteiger partial charge in [0.15, 0.2) is 0 Å². The predicted molar refractivity (Wildman–Crippen MR) is 67.7 cm³/mol. The molecule has 104 valence electrons. The van der Waals surface area contributed by atoms with Gasteiger partial charge in [0.25, 0.3) is 0 Å². The van der Waals surface area contributed by atoms with Crippen molar-refractivity contribution in [3.63, 3.8) is 0 Å². The Hall–Kier alpha value is -1.73. The zero-order chi connectivity index (χ0) is 14.6. The van der Waals surface area contributed by atoms with Gasteiger partial charge in [-0.15, -0.1) is 6.58 Å². The minimum absolute atomic E-state index is 0.206. The van der Waals surface area contributed by atoms with Crippen LogP contribution in [0.1, 0.15) is 5.56 Å². The van der Waals surface area contributed by atoms with Crippen molar-refractivity contribution in [2.45, 2.75) is 11.8 Å². The lowest BCUT2D eigenvalue weighted by Gasteiger charge is -2.19. The first-order valence-electron chi connectivity index (χ1n) is 5.38. The van der Waals surface area contributed by atoms with Crippen LogP contribution in [0, 0.1) is 12.7 Å². The number of rotatable bonds is 6. The Balaban J connectivity index is 3.29. The highest BCUT2D eigenvalue weighted by Crippen LogP contribution is 2.20. The predicted octanol–water partition coefficient (Wildman–Crippen LogP) is 1.40. The fraction of sp³-hybridized carbons (Fsp3) is 0.250. The molecule has 0 aliphatic heterocycles. The van der Waals surface area contributed by atoms with Gasteiger partial charge in [0.2, 0.25) is 10.0 Å². The SMILES string of the molecule is C=CCN(CC(=O)O)S(=O)(=O)c1cc(C)ccc1F. The average molecular weight is 287 g/mol. The van der Waals surface area contributed by atoms with Crippen LogP contribution in [-0.4, -0.2) is 36.9 Å². The first-order valence-corrected chi connectivity index (χ1v) is 6.82. The van der Waals surface area contributed by atoms with Crippen LogP contribution >= 0.6 is 0 Å². The summed E-state index contributed by atoms with van der Waals surface area (Å²) in [6.45, 7) is 4.03. The smallest absolute Gasteiger partial charge is 0.318 e. The van der Waals surface area contributed by atoms with Crippen LogP contribution in [0.5, 0.6) is 0 Å². The number of hydrogen-bond donors (Lipinski definition) is 1. The summed E-state index contributed by atoms with van der Waals surface area (Å²) < 4.78 is 38.7. The molecule has 0 radical (unpaired) electrons. The fourth-order valence-electron chi connectivity index (χ4n) is 1.49. The Morgan fingerprint density at radius 2 is 2.16 bits per heavy atom. The summed E-state index contributed by atoms with van der Waals surface area (Å²) in [4.78, 5) is 10.1. The molecule has 0 amide bonds. The van der Waals surface area contributed by atoms with Gasteiger partial charge >= 0.3 is 5.97 Å². The molecule has 0 unspecified atom stereocenters. The van der Waals surface area contributed by atoms with E-state index >= 15 is 0 Å².